The van der Waals surface area contributed by atoms with Crippen LogP contribution in [0.15, 0.2) is 28.8 Å². The second-order valence-electron chi connectivity index (χ2n) is 8.25. The van der Waals surface area contributed by atoms with Gasteiger partial charge in [0.15, 0.2) is 0 Å². The SMILES string of the molecule is Cc1cc(-c2nc(-c3cc(C)c(OCCNCCO)c(Cl)c3)no2)cc(C2CCCC2)n1. The van der Waals surface area contributed by atoms with Crippen molar-refractivity contribution in [3.63, 3.8) is 0 Å². The molecule has 2 aromatic heterocycles. The lowest BCUT2D eigenvalue weighted by Crippen LogP contribution is -2.24. The Morgan fingerprint density at radius 3 is 2.66 bits per heavy atom. The Hall–Kier alpha value is -2.48. The lowest BCUT2D eigenvalue weighted by Gasteiger charge is -2.12. The van der Waals surface area contributed by atoms with Crippen LogP contribution < -0.4 is 10.1 Å². The molecule has 0 aliphatic heterocycles. The summed E-state index contributed by atoms with van der Waals surface area (Å²) in [5.74, 6) is 2.12. The fraction of sp³-hybridized carbons (Fsp3) is 0.458. The summed E-state index contributed by atoms with van der Waals surface area (Å²) in [6.07, 6.45) is 4.90. The van der Waals surface area contributed by atoms with Gasteiger partial charge in [0.05, 0.1) is 11.6 Å². The lowest BCUT2D eigenvalue weighted by molar-refractivity contribution is 0.275. The highest BCUT2D eigenvalue weighted by molar-refractivity contribution is 6.32. The molecule has 0 atom stereocenters. The average Bonchev–Trinajstić information content (AvgIpc) is 3.47. The summed E-state index contributed by atoms with van der Waals surface area (Å²) in [5, 5.41) is 16.6. The van der Waals surface area contributed by atoms with Gasteiger partial charge in [0, 0.05) is 41.5 Å². The molecule has 0 unspecified atom stereocenters. The molecule has 0 spiro atoms. The van der Waals surface area contributed by atoms with Gasteiger partial charge in [0.25, 0.3) is 5.89 Å². The first-order valence-corrected chi connectivity index (χ1v) is 11.5. The van der Waals surface area contributed by atoms with Crippen molar-refractivity contribution in [1.29, 1.82) is 0 Å². The largest absolute Gasteiger partial charge is 0.490 e. The van der Waals surface area contributed by atoms with Crippen molar-refractivity contribution in [1.82, 2.24) is 20.4 Å². The third-order valence-electron chi connectivity index (χ3n) is 5.72. The third-order valence-corrected chi connectivity index (χ3v) is 6.00. The van der Waals surface area contributed by atoms with Crippen molar-refractivity contribution in [2.24, 2.45) is 0 Å². The quantitative estimate of drug-likeness (QED) is 0.451. The monoisotopic (exact) mass is 456 g/mol. The molecule has 0 amide bonds. The van der Waals surface area contributed by atoms with E-state index in [-0.39, 0.29) is 6.61 Å². The van der Waals surface area contributed by atoms with Gasteiger partial charge in [-0.05, 0) is 56.5 Å². The van der Waals surface area contributed by atoms with Gasteiger partial charge in [-0.1, -0.05) is 29.6 Å². The highest BCUT2D eigenvalue weighted by Crippen LogP contribution is 2.36. The number of hydrogen-bond donors (Lipinski definition) is 2. The molecule has 0 saturated heterocycles. The molecule has 1 aliphatic rings. The number of benzene rings is 1. The summed E-state index contributed by atoms with van der Waals surface area (Å²) in [4.78, 5) is 9.37. The van der Waals surface area contributed by atoms with E-state index in [2.05, 4.69) is 21.5 Å². The van der Waals surface area contributed by atoms with Crippen molar-refractivity contribution < 1.29 is 14.4 Å². The number of aryl methyl sites for hydroxylation is 2. The van der Waals surface area contributed by atoms with Gasteiger partial charge in [-0.2, -0.15) is 4.98 Å². The number of aromatic nitrogens is 3. The number of halogens is 1. The number of pyridine rings is 1. The Kier molecular flexibility index (Phi) is 7.40. The molecule has 2 heterocycles. The van der Waals surface area contributed by atoms with E-state index in [1.54, 1.807) is 6.07 Å². The first-order valence-electron chi connectivity index (χ1n) is 11.1. The highest BCUT2D eigenvalue weighted by Gasteiger charge is 2.21. The van der Waals surface area contributed by atoms with Gasteiger partial charge in [-0.3, -0.25) is 4.98 Å². The summed E-state index contributed by atoms with van der Waals surface area (Å²) >= 11 is 6.48. The Morgan fingerprint density at radius 1 is 1.09 bits per heavy atom. The van der Waals surface area contributed by atoms with E-state index < -0.39 is 0 Å². The van der Waals surface area contributed by atoms with E-state index in [1.165, 1.54) is 25.7 Å². The molecule has 7 nitrogen and oxygen atoms in total. The fourth-order valence-electron chi connectivity index (χ4n) is 4.18. The van der Waals surface area contributed by atoms with Crippen LogP contribution in [-0.4, -0.2) is 46.5 Å². The van der Waals surface area contributed by atoms with Crippen LogP contribution in [0.5, 0.6) is 5.75 Å². The molecule has 3 aromatic rings. The van der Waals surface area contributed by atoms with Gasteiger partial charge < -0.3 is 19.7 Å². The minimum Gasteiger partial charge on any atom is -0.490 e. The number of aliphatic hydroxyl groups excluding tert-OH is 1. The third kappa shape index (κ3) is 5.28. The lowest BCUT2D eigenvalue weighted by atomic mass is 10.0. The number of rotatable bonds is 9. The molecule has 2 N–H and O–H groups in total. The number of hydrogen-bond acceptors (Lipinski definition) is 7. The maximum Gasteiger partial charge on any atom is 0.258 e. The Balaban J connectivity index is 1.52. The summed E-state index contributed by atoms with van der Waals surface area (Å²) in [6.45, 7) is 5.65. The number of ether oxygens (including phenoxy) is 1. The first-order chi connectivity index (χ1) is 15.5. The molecule has 0 radical (unpaired) electrons. The van der Waals surface area contributed by atoms with Crippen molar-refractivity contribution >= 4 is 11.6 Å². The van der Waals surface area contributed by atoms with Crippen LogP contribution in [0.25, 0.3) is 22.8 Å². The molecular formula is C24H29ClN4O3. The van der Waals surface area contributed by atoms with Crippen LogP contribution in [-0.2, 0) is 0 Å². The van der Waals surface area contributed by atoms with Gasteiger partial charge in [0.1, 0.15) is 12.4 Å². The van der Waals surface area contributed by atoms with E-state index in [1.807, 2.05) is 26.0 Å². The maximum absolute atomic E-state index is 8.81. The number of aliphatic hydroxyl groups is 1. The molecule has 1 saturated carbocycles. The van der Waals surface area contributed by atoms with E-state index in [9.17, 15) is 0 Å². The van der Waals surface area contributed by atoms with Gasteiger partial charge >= 0.3 is 0 Å². The van der Waals surface area contributed by atoms with Gasteiger partial charge in [-0.15, -0.1) is 0 Å². The van der Waals surface area contributed by atoms with Crippen LogP contribution in [0.1, 0.15) is 48.6 Å². The topological polar surface area (TPSA) is 93.3 Å². The Morgan fingerprint density at radius 2 is 1.91 bits per heavy atom. The first kappa shape index (κ1) is 22.7. The molecule has 170 valence electrons. The van der Waals surface area contributed by atoms with Crippen molar-refractivity contribution in [2.45, 2.75) is 45.4 Å². The molecule has 32 heavy (non-hydrogen) atoms. The Bertz CT molecular complexity index is 1040. The van der Waals surface area contributed by atoms with Gasteiger partial charge in [-0.25, -0.2) is 0 Å². The zero-order chi connectivity index (χ0) is 22.5. The van der Waals surface area contributed by atoms with Crippen LogP contribution in [0, 0.1) is 13.8 Å². The molecule has 4 rings (SSSR count). The van der Waals surface area contributed by atoms with Crippen LogP contribution in [0.2, 0.25) is 5.02 Å². The zero-order valence-electron chi connectivity index (χ0n) is 18.5. The molecule has 8 heteroatoms. The highest BCUT2D eigenvalue weighted by atomic mass is 35.5. The van der Waals surface area contributed by atoms with Crippen molar-refractivity contribution in [3.05, 3.63) is 46.2 Å². The average molecular weight is 457 g/mol. The normalized spacial score (nSPS) is 14.2. The maximum atomic E-state index is 8.81. The summed E-state index contributed by atoms with van der Waals surface area (Å²) < 4.78 is 11.4. The van der Waals surface area contributed by atoms with Crippen LogP contribution in [0.3, 0.4) is 0 Å². The van der Waals surface area contributed by atoms with Gasteiger partial charge in [0.2, 0.25) is 5.82 Å². The molecule has 0 bridgehead atoms. The predicted octanol–water partition coefficient (Wildman–Crippen LogP) is 4.69. The molecule has 1 fully saturated rings. The van der Waals surface area contributed by atoms with Crippen LogP contribution >= 0.6 is 11.6 Å². The summed E-state index contributed by atoms with van der Waals surface area (Å²) in [5.41, 5.74) is 4.64. The molecule has 1 aromatic carbocycles. The van der Waals surface area contributed by atoms with Crippen LogP contribution in [0.4, 0.5) is 0 Å². The fourth-order valence-corrected chi connectivity index (χ4v) is 4.50. The minimum absolute atomic E-state index is 0.0993. The smallest absolute Gasteiger partial charge is 0.258 e. The standard InChI is InChI=1S/C24H29ClN4O3/c1-15-11-18(13-20(25)22(15)31-10-8-26-7-9-30)23-28-24(32-29-23)19-12-16(2)27-21(14-19)17-5-3-4-6-17/h11-14,17,26,30H,3-10H2,1-2H3. The predicted molar refractivity (Wildman–Crippen MR) is 124 cm³/mol. The van der Waals surface area contributed by atoms with E-state index in [4.69, 9.17) is 31.0 Å². The number of nitrogens with zero attached hydrogens (tertiary/aromatic N) is 3. The minimum atomic E-state index is 0.0993. The summed E-state index contributed by atoms with van der Waals surface area (Å²) in [7, 11) is 0. The second-order valence-corrected chi connectivity index (χ2v) is 8.66. The Labute approximate surface area is 193 Å². The van der Waals surface area contributed by atoms with Crippen molar-refractivity contribution in [2.75, 3.05) is 26.3 Å². The number of nitrogens with one attached hydrogen (secondary N) is 1. The van der Waals surface area contributed by atoms with E-state index in [0.717, 1.165) is 28.1 Å². The molecule has 1 aliphatic carbocycles. The van der Waals surface area contributed by atoms with Crippen molar-refractivity contribution in [3.8, 4) is 28.6 Å². The molecular weight excluding hydrogens is 428 g/mol. The summed E-state index contributed by atoms with van der Waals surface area (Å²) in [6, 6.07) is 7.80. The second kappa shape index (κ2) is 10.4. The van der Waals surface area contributed by atoms with E-state index in [0.29, 0.717) is 48.1 Å². The zero-order valence-corrected chi connectivity index (χ0v) is 19.3. The van der Waals surface area contributed by atoms with E-state index >= 15 is 0 Å².